The average molecular weight is 387 g/mol. The highest BCUT2D eigenvalue weighted by molar-refractivity contribution is 5.76. The van der Waals surface area contributed by atoms with Gasteiger partial charge in [-0.05, 0) is 79.3 Å². The number of allylic oxidation sites excluding steroid dienone is 2. The Bertz CT molecular complexity index is 770. The molecule has 0 radical (unpaired) electrons. The smallest absolute Gasteiger partial charge is 0.221 e. The first kappa shape index (κ1) is 19.7. The van der Waals surface area contributed by atoms with E-state index in [1.807, 2.05) is 0 Å². The lowest BCUT2D eigenvalue weighted by Gasteiger charge is -2.55. The third kappa shape index (κ3) is 2.94. The number of rotatable bonds is 2. The maximum Gasteiger partial charge on any atom is 0.221 e. The van der Waals surface area contributed by atoms with Crippen molar-refractivity contribution in [3.8, 4) is 0 Å². The first-order chi connectivity index (χ1) is 13.1. The molecule has 0 aromatic carbocycles. The molecule has 154 valence electrons. The Balaban J connectivity index is 1.79. The molecule has 4 aliphatic carbocycles. The van der Waals surface area contributed by atoms with Crippen molar-refractivity contribution in [2.75, 3.05) is 0 Å². The summed E-state index contributed by atoms with van der Waals surface area (Å²) in [5.74, 6) is 0.799. The predicted molar refractivity (Wildman–Crippen MR) is 108 cm³/mol. The molecule has 0 aromatic rings. The van der Waals surface area contributed by atoms with Crippen LogP contribution < -0.4 is 10.6 Å². The molecular formula is C23H34N2O3. The Labute approximate surface area is 168 Å². The minimum absolute atomic E-state index is 0.0388. The fourth-order valence-corrected chi connectivity index (χ4v) is 6.86. The number of carbonyl (C=O) groups is 2. The van der Waals surface area contributed by atoms with Crippen LogP contribution in [0.15, 0.2) is 22.9 Å². The van der Waals surface area contributed by atoms with Crippen molar-refractivity contribution in [3.05, 3.63) is 22.9 Å². The second kappa shape index (κ2) is 6.72. The van der Waals surface area contributed by atoms with Gasteiger partial charge in [0.15, 0.2) is 0 Å². The van der Waals surface area contributed by atoms with Crippen molar-refractivity contribution < 1.29 is 14.7 Å². The number of aliphatic hydroxyl groups excluding tert-OH is 1. The number of aliphatic hydroxyl groups is 1. The summed E-state index contributed by atoms with van der Waals surface area (Å²) in [6.07, 6.45) is 8.68. The number of hydrogen-bond donors (Lipinski definition) is 3. The highest BCUT2D eigenvalue weighted by Gasteiger charge is 2.57. The van der Waals surface area contributed by atoms with Crippen LogP contribution in [0.25, 0.3) is 0 Å². The Morgan fingerprint density at radius 2 is 1.79 bits per heavy atom. The first-order valence-electron chi connectivity index (χ1n) is 10.8. The van der Waals surface area contributed by atoms with Crippen LogP contribution >= 0.6 is 0 Å². The van der Waals surface area contributed by atoms with Crippen molar-refractivity contribution in [1.82, 2.24) is 10.6 Å². The monoisotopic (exact) mass is 386 g/mol. The van der Waals surface area contributed by atoms with Gasteiger partial charge in [0.1, 0.15) is 0 Å². The highest BCUT2D eigenvalue weighted by atomic mass is 16.3. The minimum atomic E-state index is -0.274. The molecule has 0 bridgehead atoms. The first-order valence-corrected chi connectivity index (χ1v) is 10.8. The topological polar surface area (TPSA) is 78.4 Å². The van der Waals surface area contributed by atoms with Gasteiger partial charge in [-0.2, -0.15) is 0 Å². The third-order valence-corrected chi connectivity index (χ3v) is 8.33. The molecule has 3 saturated carbocycles. The van der Waals surface area contributed by atoms with Crippen LogP contribution in [0.3, 0.4) is 0 Å². The van der Waals surface area contributed by atoms with Gasteiger partial charge < -0.3 is 15.7 Å². The summed E-state index contributed by atoms with van der Waals surface area (Å²) in [6.45, 7) is 7.87. The van der Waals surface area contributed by atoms with Gasteiger partial charge in [-0.25, -0.2) is 0 Å². The molecule has 2 amide bonds. The predicted octanol–water partition coefficient (Wildman–Crippen LogP) is 3.20. The lowest BCUT2D eigenvalue weighted by atomic mass is 9.50. The molecule has 0 heterocycles. The van der Waals surface area contributed by atoms with Crippen LogP contribution in [0.1, 0.15) is 72.6 Å². The molecule has 3 N–H and O–H groups in total. The third-order valence-electron chi connectivity index (χ3n) is 8.33. The van der Waals surface area contributed by atoms with Crippen molar-refractivity contribution in [2.45, 2.75) is 84.8 Å². The van der Waals surface area contributed by atoms with Crippen molar-refractivity contribution in [3.63, 3.8) is 0 Å². The van der Waals surface area contributed by atoms with Gasteiger partial charge in [0.05, 0.1) is 6.10 Å². The lowest BCUT2D eigenvalue weighted by Crippen LogP contribution is -2.51. The standard InChI is InChI=1S/C23H34N2O3/c1-13(26)24-19-12-15-11-16(28)7-9-22(15,3)18-8-10-23(4)17(21(18)19)5-6-20(23)25-14(2)27/h12,16-18,20,28H,5-11H2,1-4H3,(H,24,26)(H,25,27)/t16-,17-,18-,20-,22-,23-/m0/s1. The summed E-state index contributed by atoms with van der Waals surface area (Å²) in [4.78, 5) is 23.8. The molecule has 28 heavy (non-hydrogen) atoms. The zero-order valence-electron chi connectivity index (χ0n) is 17.6. The Hall–Kier alpha value is -1.62. The average Bonchev–Trinajstić information content (AvgIpc) is 2.92. The van der Waals surface area contributed by atoms with Gasteiger partial charge in [0, 0.05) is 25.6 Å². The summed E-state index contributed by atoms with van der Waals surface area (Å²) in [5, 5.41) is 16.6. The second-order valence-electron chi connectivity index (χ2n) is 10.0. The van der Waals surface area contributed by atoms with Gasteiger partial charge in [-0.15, -0.1) is 0 Å². The summed E-state index contributed by atoms with van der Waals surface area (Å²) in [5.41, 5.74) is 3.78. The van der Waals surface area contributed by atoms with Crippen molar-refractivity contribution >= 4 is 11.8 Å². The van der Waals surface area contributed by atoms with Crippen LogP contribution in [-0.2, 0) is 9.59 Å². The molecule has 4 aliphatic rings. The van der Waals surface area contributed by atoms with Gasteiger partial charge >= 0.3 is 0 Å². The summed E-state index contributed by atoms with van der Waals surface area (Å²) in [7, 11) is 0. The lowest BCUT2D eigenvalue weighted by molar-refractivity contribution is -0.120. The number of nitrogens with one attached hydrogen (secondary N) is 2. The Kier molecular flexibility index (Phi) is 4.72. The van der Waals surface area contributed by atoms with Crippen molar-refractivity contribution in [1.29, 1.82) is 0 Å². The van der Waals surface area contributed by atoms with Crippen LogP contribution in [0, 0.1) is 22.7 Å². The van der Waals surface area contributed by atoms with Gasteiger partial charge in [0.2, 0.25) is 11.8 Å². The van der Waals surface area contributed by atoms with E-state index in [1.54, 1.807) is 13.8 Å². The van der Waals surface area contributed by atoms with E-state index in [9.17, 15) is 14.7 Å². The van der Waals surface area contributed by atoms with E-state index in [4.69, 9.17) is 0 Å². The molecule has 0 unspecified atom stereocenters. The second-order valence-corrected chi connectivity index (χ2v) is 10.0. The van der Waals surface area contributed by atoms with Gasteiger partial charge in [-0.3, -0.25) is 9.59 Å². The van der Waals surface area contributed by atoms with E-state index in [0.29, 0.717) is 18.3 Å². The number of carbonyl (C=O) groups excluding carboxylic acids is 2. The molecule has 3 fully saturated rings. The van der Waals surface area contributed by atoms with Crippen LogP contribution in [0.4, 0.5) is 0 Å². The van der Waals surface area contributed by atoms with E-state index in [2.05, 4.69) is 30.6 Å². The normalized spacial score (nSPS) is 42.1. The maximum atomic E-state index is 12.0. The summed E-state index contributed by atoms with van der Waals surface area (Å²) >= 11 is 0. The SMILES string of the molecule is CC(=O)NC1=C2[C@@H]3CC[C@H](NC(C)=O)[C@@]3(C)CC[C@@H]2[C@@]2(C)CC[C@H](O)CC2=C1. The van der Waals surface area contributed by atoms with E-state index < -0.39 is 0 Å². The Morgan fingerprint density at radius 1 is 1.04 bits per heavy atom. The van der Waals surface area contributed by atoms with E-state index in [0.717, 1.165) is 44.2 Å². The van der Waals surface area contributed by atoms with Gasteiger partial charge in [-0.1, -0.05) is 19.4 Å². The largest absolute Gasteiger partial charge is 0.393 e. The summed E-state index contributed by atoms with van der Waals surface area (Å²) in [6, 6.07) is 0.202. The zero-order valence-corrected chi connectivity index (χ0v) is 17.6. The molecule has 0 spiro atoms. The number of fused-ring (bicyclic) bond motifs is 5. The molecule has 5 nitrogen and oxygen atoms in total. The number of hydrogen-bond acceptors (Lipinski definition) is 3. The summed E-state index contributed by atoms with van der Waals surface area (Å²) < 4.78 is 0. The van der Waals surface area contributed by atoms with E-state index in [1.165, 1.54) is 11.1 Å². The van der Waals surface area contributed by atoms with E-state index >= 15 is 0 Å². The molecule has 0 saturated heterocycles. The van der Waals surface area contributed by atoms with Gasteiger partial charge in [0.25, 0.3) is 0 Å². The van der Waals surface area contributed by atoms with Crippen LogP contribution in [-0.4, -0.2) is 29.1 Å². The Morgan fingerprint density at radius 3 is 2.46 bits per heavy atom. The molecule has 0 aromatic heterocycles. The number of amides is 2. The van der Waals surface area contributed by atoms with Crippen LogP contribution in [0.2, 0.25) is 0 Å². The fourth-order valence-electron chi connectivity index (χ4n) is 6.86. The molecule has 6 atom stereocenters. The molecule has 4 rings (SSSR count). The molecule has 5 heteroatoms. The van der Waals surface area contributed by atoms with Crippen LogP contribution in [0.5, 0.6) is 0 Å². The molecule has 0 aliphatic heterocycles. The fraction of sp³-hybridized carbons (Fsp3) is 0.739. The highest BCUT2D eigenvalue weighted by Crippen LogP contribution is 2.64. The maximum absolute atomic E-state index is 12.0. The molecular weight excluding hydrogens is 352 g/mol. The van der Waals surface area contributed by atoms with Crippen molar-refractivity contribution in [2.24, 2.45) is 22.7 Å². The van der Waals surface area contributed by atoms with E-state index in [-0.39, 0.29) is 34.8 Å². The minimum Gasteiger partial charge on any atom is -0.393 e. The zero-order chi connectivity index (χ0) is 20.3. The quantitative estimate of drug-likeness (QED) is 0.682.